The van der Waals surface area contributed by atoms with E-state index in [1.54, 1.807) is 0 Å². The number of hydrogen-bond acceptors (Lipinski definition) is 0. The molecule has 0 saturated carbocycles. The highest BCUT2D eigenvalue weighted by Crippen LogP contribution is 1.97. The first kappa shape index (κ1) is 10.1. The zero-order chi connectivity index (χ0) is 7.40. The van der Waals surface area contributed by atoms with Crippen LogP contribution in [-0.2, 0) is 13.5 Å². The summed E-state index contributed by atoms with van der Waals surface area (Å²) in [6, 6.07) is 4.26. The Hall–Kier alpha value is -0.920. The van der Waals surface area contributed by atoms with E-state index in [9.17, 15) is 0 Å². The predicted octanol–water partition coefficient (Wildman–Crippen LogP) is -1.53. The fourth-order valence-electron chi connectivity index (χ4n) is 1.09. The molecule has 0 aromatic carbocycles. The highest BCUT2D eigenvalue weighted by molar-refractivity contribution is 5.04. The van der Waals surface area contributed by atoms with E-state index in [1.165, 1.54) is 18.4 Å². The fraction of sp³-hybridized carbons (Fsp3) is 0.444. The molecule has 0 saturated heterocycles. The summed E-state index contributed by atoms with van der Waals surface area (Å²) >= 11 is 0. The first-order valence-electron chi connectivity index (χ1n) is 3.77. The van der Waals surface area contributed by atoms with Crippen LogP contribution in [0.1, 0.15) is 18.9 Å². The molecule has 0 bridgehead atoms. The van der Waals surface area contributed by atoms with Gasteiger partial charge in [0.1, 0.15) is 7.05 Å². The average Bonchev–Trinajstić information content (AvgIpc) is 1.88. The van der Waals surface area contributed by atoms with E-state index < -0.39 is 0 Å². The van der Waals surface area contributed by atoms with Crippen molar-refractivity contribution in [1.29, 1.82) is 0 Å². The molecule has 62 valence electrons. The Kier molecular flexibility index (Phi) is 4.42. The fourth-order valence-corrected chi connectivity index (χ4v) is 1.09. The van der Waals surface area contributed by atoms with Crippen LogP contribution in [0.15, 0.2) is 24.5 Å². The predicted molar refractivity (Wildman–Crippen MR) is 41.6 cm³/mol. The van der Waals surface area contributed by atoms with Crippen LogP contribution in [0, 0.1) is 0 Å². The number of halogens is 1. The van der Waals surface area contributed by atoms with Crippen LogP contribution in [0.4, 0.5) is 0 Å². The van der Waals surface area contributed by atoms with Gasteiger partial charge in [-0.2, -0.15) is 0 Å². The van der Waals surface area contributed by atoms with E-state index in [-0.39, 0.29) is 4.70 Å². The van der Waals surface area contributed by atoms with Crippen LogP contribution in [0.25, 0.3) is 0 Å². The van der Waals surface area contributed by atoms with Gasteiger partial charge in [-0.05, 0) is 12.5 Å². The molecule has 1 nitrogen and oxygen atoms in total. The van der Waals surface area contributed by atoms with Crippen molar-refractivity contribution < 1.29 is 9.27 Å². The van der Waals surface area contributed by atoms with Crippen molar-refractivity contribution in [2.75, 3.05) is 0 Å². The molecule has 0 aliphatic heterocycles. The molecule has 1 aromatic rings. The SMILES string of the molecule is CCCc1ccc[n+](C)c1.[F-]. The van der Waals surface area contributed by atoms with E-state index >= 15 is 0 Å². The quantitative estimate of drug-likeness (QED) is 0.456. The molecule has 0 unspecified atom stereocenters. The van der Waals surface area contributed by atoms with Gasteiger partial charge in [-0.15, -0.1) is 0 Å². The van der Waals surface area contributed by atoms with Crippen molar-refractivity contribution in [2.24, 2.45) is 7.05 Å². The van der Waals surface area contributed by atoms with Crippen LogP contribution in [0.2, 0.25) is 0 Å². The average molecular weight is 155 g/mol. The molecule has 0 aliphatic rings. The maximum absolute atomic E-state index is 2.20. The Morgan fingerprint density at radius 3 is 2.73 bits per heavy atom. The monoisotopic (exact) mass is 155 g/mol. The first-order valence-corrected chi connectivity index (χ1v) is 3.77. The zero-order valence-corrected chi connectivity index (χ0v) is 7.05. The summed E-state index contributed by atoms with van der Waals surface area (Å²) in [4.78, 5) is 0. The Morgan fingerprint density at radius 2 is 2.18 bits per heavy atom. The third kappa shape index (κ3) is 3.12. The molecule has 11 heavy (non-hydrogen) atoms. The maximum Gasteiger partial charge on any atom is 0.171 e. The number of nitrogens with zero attached hydrogens (tertiary/aromatic N) is 1. The number of pyridine rings is 1. The third-order valence-corrected chi connectivity index (χ3v) is 1.54. The lowest BCUT2D eigenvalue weighted by atomic mass is 10.2. The van der Waals surface area contributed by atoms with Crippen LogP contribution >= 0.6 is 0 Å². The van der Waals surface area contributed by atoms with Gasteiger partial charge < -0.3 is 4.70 Å². The van der Waals surface area contributed by atoms with Crippen LogP contribution in [-0.4, -0.2) is 0 Å². The summed E-state index contributed by atoms with van der Waals surface area (Å²) in [7, 11) is 2.05. The van der Waals surface area contributed by atoms with Crippen LogP contribution < -0.4 is 9.27 Å². The maximum atomic E-state index is 2.20. The number of aromatic nitrogens is 1. The minimum absolute atomic E-state index is 0. The number of rotatable bonds is 2. The number of hydrogen-bond donors (Lipinski definition) is 0. The molecular formula is C9H14FN. The van der Waals surface area contributed by atoms with E-state index in [4.69, 9.17) is 0 Å². The summed E-state index contributed by atoms with van der Waals surface area (Å²) in [6.07, 6.45) is 6.64. The molecule has 0 spiro atoms. The minimum Gasteiger partial charge on any atom is -1.00 e. The van der Waals surface area contributed by atoms with Gasteiger partial charge in [-0.25, -0.2) is 4.57 Å². The van der Waals surface area contributed by atoms with Gasteiger partial charge >= 0.3 is 0 Å². The molecule has 1 rings (SSSR count). The second-order valence-corrected chi connectivity index (χ2v) is 2.63. The lowest BCUT2D eigenvalue weighted by Crippen LogP contribution is -3.00. The molecule has 0 N–H and O–H groups in total. The largest absolute Gasteiger partial charge is 1.00 e. The normalized spacial score (nSPS) is 8.91. The highest BCUT2D eigenvalue weighted by Gasteiger charge is 1.94. The van der Waals surface area contributed by atoms with Crippen molar-refractivity contribution in [1.82, 2.24) is 0 Å². The summed E-state index contributed by atoms with van der Waals surface area (Å²) in [6.45, 7) is 2.20. The van der Waals surface area contributed by atoms with Gasteiger partial charge in [0.05, 0.1) is 0 Å². The molecule has 2 heteroatoms. The molecule has 0 radical (unpaired) electrons. The molecular weight excluding hydrogens is 141 g/mol. The Labute approximate surface area is 67.0 Å². The third-order valence-electron chi connectivity index (χ3n) is 1.54. The van der Waals surface area contributed by atoms with Crippen molar-refractivity contribution >= 4 is 0 Å². The molecule has 1 heterocycles. The van der Waals surface area contributed by atoms with Crippen molar-refractivity contribution in [2.45, 2.75) is 19.8 Å². The van der Waals surface area contributed by atoms with Gasteiger partial charge in [0.15, 0.2) is 12.4 Å². The van der Waals surface area contributed by atoms with E-state index in [0.717, 1.165) is 0 Å². The van der Waals surface area contributed by atoms with E-state index in [0.29, 0.717) is 0 Å². The molecule has 0 fully saturated rings. The van der Waals surface area contributed by atoms with Crippen molar-refractivity contribution in [3.8, 4) is 0 Å². The van der Waals surface area contributed by atoms with Gasteiger partial charge in [-0.1, -0.05) is 13.3 Å². The first-order chi connectivity index (χ1) is 4.83. The summed E-state index contributed by atoms with van der Waals surface area (Å²) in [5.74, 6) is 0. The summed E-state index contributed by atoms with van der Waals surface area (Å²) in [5.41, 5.74) is 1.42. The Bertz CT molecular complexity index is 210. The molecule has 0 atom stereocenters. The van der Waals surface area contributed by atoms with Crippen molar-refractivity contribution in [3.05, 3.63) is 30.1 Å². The standard InChI is InChI=1S/C9H14N.FH/c1-3-5-9-6-4-7-10(2)8-9;/h4,6-8H,3,5H2,1-2H3;1H/q+1;/p-1. The summed E-state index contributed by atoms with van der Waals surface area (Å²) in [5, 5.41) is 0. The Morgan fingerprint density at radius 1 is 1.45 bits per heavy atom. The second kappa shape index (κ2) is 4.83. The van der Waals surface area contributed by atoms with E-state index in [2.05, 4.69) is 43.1 Å². The smallest absolute Gasteiger partial charge is 0.171 e. The molecule has 0 aliphatic carbocycles. The topological polar surface area (TPSA) is 3.88 Å². The second-order valence-electron chi connectivity index (χ2n) is 2.63. The van der Waals surface area contributed by atoms with Gasteiger partial charge in [0.25, 0.3) is 0 Å². The van der Waals surface area contributed by atoms with E-state index in [1.807, 2.05) is 0 Å². The van der Waals surface area contributed by atoms with Gasteiger partial charge in [0.2, 0.25) is 0 Å². The highest BCUT2D eigenvalue weighted by atomic mass is 19.0. The minimum atomic E-state index is 0. The molecule has 1 aromatic heterocycles. The summed E-state index contributed by atoms with van der Waals surface area (Å²) < 4.78 is 2.09. The lowest BCUT2D eigenvalue weighted by Gasteiger charge is -1.93. The van der Waals surface area contributed by atoms with Crippen LogP contribution in [0.5, 0.6) is 0 Å². The zero-order valence-electron chi connectivity index (χ0n) is 7.05. The van der Waals surface area contributed by atoms with Gasteiger partial charge in [-0.3, -0.25) is 0 Å². The Balaban J connectivity index is 0.000001000. The number of aryl methyl sites for hydroxylation is 2. The van der Waals surface area contributed by atoms with Gasteiger partial charge in [0, 0.05) is 11.6 Å². The van der Waals surface area contributed by atoms with Crippen molar-refractivity contribution in [3.63, 3.8) is 0 Å². The lowest BCUT2D eigenvalue weighted by molar-refractivity contribution is -0.671. The molecule has 0 amide bonds. The van der Waals surface area contributed by atoms with Crippen LogP contribution in [0.3, 0.4) is 0 Å².